The standard InChI is InChI=1S/C10H9FN2S/c1-7-6-8(2-3-9(7)11)13-5-4-12-10(13)14/h2-6H,1H3,(H,12,14). The third-order valence-corrected chi connectivity index (χ3v) is 2.38. The maximum atomic E-state index is 13.0. The van der Waals surface area contributed by atoms with E-state index in [4.69, 9.17) is 12.2 Å². The molecule has 1 aromatic carbocycles. The van der Waals surface area contributed by atoms with Gasteiger partial charge in [-0.2, -0.15) is 0 Å². The molecule has 0 aliphatic rings. The Bertz CT molecular complexity index is 513. The van der Waals surface area contributed by atoms with Crippen LogP contribution in [-0.2, 0) is 0 Å². The quantitative estimate of drug-likeness (QED) is 0.714. The molecular formula is C10H9FN2S. The molecular weight excluding hydrogens is 199 g/mol. The topological polar surface area (TPSA) is 20.7 Å². The Balaban J connectivity index is 2.59. The summed E-state index contributed by atoms with van der Waals surface area (Å²) in [4.78, 5) is 2.89. The van der Waals surface area contributed by atoms with Gasteiger partial charge in [-0.25, -0.2) is 4.39 Å². The highest BCUT2D eigenvalue weighted by atomic mass is 32.1. The van der Waals surface area contributed by atoms with Crippen molar-refractivity contribution in [2.75, 3.05) is 0 Å². The molecule has 0 radical (unpaired) electrons. The summed E-state index contributed by atoms with van der Waals surface area (Å²) in [5.74, 6) is -0.198. The molecule has 1 aromatic heterocycles. The molecule has 0 atom stereocenters. The summed E-state index contributed by atoms with van der Waals surface area (Å²) in [5, 5.41) is 0. The van der Waals surface area contributed by atoms with Crippen molar-refractivity contribution >= 4 is 12.2 Å². The Morgan fingerprint density at radius 1 is 1.43 bits per heavy atom. The first-order chi connectivity index (χ1) is 6.68. The molecule has 0 saturated carbocycles. The Labute approximate surface area is 86.0 Å². The van der Waals surface area contributed by atoms with E-state index in [9.17, 15) is 4.39 Å². The fourth-order valence-electron chi connectivity index (χ4n) is 1.30. The lowest BCUT2D eigenvalue weighted by atomic mass is 10.2. The SMILES string of the molecule is Cc1cc(-n2cc[nH]c2=S)ccc1F. The maximum absolute atomic E-state index is 13.0. The van der Waals surface area contributed by atoms with E-state index in [0.717, 1.165) is 5.69 Å². The molecule has 1 heterocycles. The molecule has 2 nitrogen and oxygen atoms in total. The van der Waals surface area contributed by atoms with Crippen molar-refractivity contribution in [2.45, 2.75) is 6.92 Å². The van der Waals surface area contributed by atoms with Crippen LogP contribution < -0.4 is 0 Å². The molecule has 2 rings (SSSR count). The highest BCUT2D eigenvalue weighted by Crippen LogP contribution is 2.13. The van der Waals surface area contributed by atoms with Crippen LogP contribution in [0.3, 0.4) is 0 Å². The van der Waals surface area contributed by atoms with Crippen LogP contribution in [0.4, 0.5) is 4.39 Å². The van der Waals surface area contributed by atoms with Crippen molar-refractivity contribution in [1.82, 2.24) is 9.55 Å². The van der Waals surface area contributed by atoms with Crippen LogP contribution in [0.2, 0.25) is 0 Å². The van der Waals surface area contributed by atoms with Crippen molar-refractivity contribution in [3.8, 4) is 5.69 Å². The summed E-state index contributed by atoms with van der Waals surface area (Å²) in [7, 11) is 0. The van der Waals surface area contributed by atoms with Crippen LogP contribution in [0, 0.1) is 17.5 Å². The minimum Gasteiger partial charge on any atom is -0.337 e. The van der Waals surface area contributed by atoms with Gasteiger partial charge in [-0.05, 0) is 42.9 Å². The van der Waals surface area contributed by atoms with Crippen LogP contribution in [0.1, 0.15) is 5.56 Å². The van der Waals surface area contributed by atoms with Gasteiger partial charge in [0.1, 0.15) is 5.82 Å². The normalized spacial score (nSPS) is 10.4. The van der Waals surface area contributed by atoms with E-state index in [1.807, 2.05) is 6.20 Å². The summed E-state index contributed by atoms with van der Waals surface area (Å²) in [6.07, 6.45) is 3.57. The zero-order valence-corrected chi connectivity index (χ0v) is 8.44. The summed E-state index contributed by atoms with van der Waals surface area (Å²) < 4.78 is 15.4. The van der Waals surface area contributed by atoms with Crippen molar-refractivity contribution < 1.29 is 4.39 Å². The summed E-state index contributed by atoms with van der Waals surface area (Å²) in [6, 6.07) is 4.91. The molecule has 2 aromatic rings. The van der Waals surface area contributed by atoms with Crippen LogP contribution in [-0.4, -0.2) is 9.55 Å². The van der Waals surface area contributed by atoms with Gasteiger partial charge in [0.2, 0.25) is 0 Å². The van der Waals surface area contributed by atoms with Crippen LogP contribution in [0.15, 0.2) is 30.6 Å². The fraction of sp³-hybridized carbons (Fsp3) is 0.100. The number of hydrogen-bond acceptors (Lipinski definition) is 1. The van der Waals surface area contributed by atoms with Gasteiger partial charge in [0, 0.05) is 18.1 Å². The zero-order chi connectivity index (χ0) is 10.1. The van der Waals surface area contributed by atoms with Crippen LogP contribution in [0.5, 0.6) is 0 Å². The van der Waals surface area contributed by atoms with Crippen LogP contribution >= 0.6 is 12.2 Å². The van der Waals surface area contributed by atoms with Crippen molar-refractivity contribution in [1.29, 1.82) is 0 Å². The number of aromatic amines is 1. The summed E-state index contributed by atoms with van der Waals surface area (Å²) in [6.45, 7) is 1.73. The first-order valence-electron chi connectivity index (χ1n) is 4.21. The first-order valence-corrected chi connectivity index (χ1v) is 4.62. The third-order valence-electron chi connectivity index (χ3n) is 2.07. The number of benzene rings is 1. The number of nitrogens with one attached hydrogen (secondary N) is 1. The van der Waals surface area contributed by atoms with Gasteiger partial charge in [-0.1, -0.05) is 0 Å². The fourth-order valence-corrected chi connectivity index (χ4v) is 1.54. The summed E-state index contributed by atoms with van der Waals surface area (Å²) in [5.41, 5.74) is 1.49. The predicted molar refractivity (Wildman–Crippen MR) is 55.6 cm³/mol. The molecule has 1 N–H and O–H groups in total. The van der Waals surface area contributed by atoms with Gasteiger partial charge in [0.05, 0.1) is 0 Å². The molecule has 0 aliphatic heterocycles. The Morgan fingerprint density at radius 2 is 2.21 bits per heavy atom. The maximum Gasteiger partial charge on any atom is 0.181 e. The number of H-pyrrole nitrogens is 1. The number of hydrogen-bond donors (Lipinski definition) is 1. The summed E-state index contributed by atoms with van der Waals surface area (Å²) >= 11 is 5.06. The minimum atomic E-state index is -0.198. The van der Waals surface area contributed by atoms with Gasteiger partial charge in [0.15, 0.2) is 4.77 Å². The lowest BCUT2D eigenvalue weighted by Gasteiger charge is -2.03. The van der Waals surface area contributed by atoms with Gasteiger partial charge in [-0.3, -0.25) is 4.57 Å². The van der Waals surface area contributed by atoms with Crippen LogP contribution in [0.25, 0.3) is 5.69 Å². The van der Waals surface area contributed by atoms with Gasteiger partial charge in [-0.15, -0.1) is 0 Å². The molecule has 0 spiro atoms. The lowest BCUT2D eigenvalue weighted by Crippen LogP contribution is -1.93. The van der Waals surface area contributed by atoms with Crippen molar-refractivity contribution in [2.24, 2.45) is 0 Å². The Morgan fingerprint density at radius 3 is 2.79 bits per heavy atom. The average molecular weight is 208 g/mol. The zero-order valence-electron chi connectivity index (χ0n) is 7.62. The average Bonchev–Trinajstić information content (AvgIpc) is 2.57. The van der Waals surface area contributed by atoms with Gasteiger partial charge >= 0.3 is 0 Å². The van der Waals surface area contributed by atoms with E-state index in [0.29, 0.717) is 10.3 Å². The van der Waals surface area contributed by atoms with Gasteiger partial charge in [0.25, 0.3) is 0 Å². The first kappa shape index (κ1) is 9.15. The third kappa shape index (κ3) is 1.48. The second kappa shape index (κ2) is 3.38. The molecule has 0 fully saturated rings. The Hall–Kier alpha value is -1.42. The number of imidazole rings is 1. The molecule has 72 valence electrons. The molecule has 0 amide bonds. The monoisotopic (exact) mass is 208 g/mol. The van der Waals surface area contributed by atoms with Gasteiger partial charge < -0.3 is 4.98 Å². The Kier molecular flexibility index (Phi) is 2.21. The second-order valence-electron chi connectivity index (χ2n) is 3.07. The number of nitrogens with zero attached hydrogens (tertiary/aromatic N) is 1. The largest absolute Gasteiger partial charge is 0.337 e. The number of aryl methyl sites for hydroxylation is 1. The molecule has 0 aliphatic carbocycles. The van der Waals surface area contributed by atoms with E-state index < -0.39 is 0 Å². The molecule has 0 unspecified atom stereocenters. The number of aromatic nitrogens is 2. The van der Waals surface area contributed by atoms with Crippen molar-refractivity contribution in [3.63, 3.8) is 0 Å². The number of halogens is 1. The second-order valence-corrected chi connectivity index (χ2v) is 3.46. The predicted octanol–water partition coefficient (Wildman–Crippen LogP) is 2.98. The van der Waals surface area contributed by atoms with E-state index in [1.165, 1.54) is 6.07 Å². The minimum absolute atomic E-state index is 0.198. The van der Waals surface area contributed by atoms with E-state index in [2.05, 4.69) is 4.98 Å². The number of rotatable bonds is 1. The molecule has 0 bridgehead atoms. The van der Waals surface area contributed by atoms with Crippen molar-refractivity contribution in [3.05, 3.63) is 46.7 Å². The lowest BCUT2D eigenvalue weighted by molar-refractivity contribution is 0.618. The van der Waals surface area contributed by atoms with E-state index >= 15 is 0 Å². The van der Waals surface area contributed by atoms with E-state index in [1.54, 1.807) is 29.8 Å². The smallest absolute Gasteiger partial charge is 0.181 e. The molecule has 0 saturated heterocycles. The van der Waals surface area contributed by atoms with E-state index in [-0.39, 0.29) is 5.82 Å². The highest BCUT2D eigenvalue weighted by molar-refractivity contribution is 7.71. The molecule has 14 heavy (non-hydrogen) atoms. The molecule has 4 heteroatoms. The highest BCUT2D eigenvalue weighted by Gasteiger charge is 2.01.